The predicted octanol–water partition coefficient (Wildman–Crippen LogP) is 3.10. The van der Waals surface area contributed by atoms with Crippen molar-refractivity contribution in [1.29, 1.82) is 0 Å². The van der Waals surface area contributed by atoms with E-state index in [2.05, 4.69) is 12.2 Å². The molecule has 0 saturated carbocycles. The molecule has 0 saturated heterocycles. The largest absolute Gasteiger partial charge is 0.493 e. The third-order valence-corrected chi connectivity index (χ3v) is 2.91. The summed E-state index contributed by atoms with van der Waals surface area (Å²) in [6.07, 6.45) is -0.0104. The van der Waals surface area contributed by atoms with Gasteiger partial charge in [0, 0.05) is 5.88 Å². The monoisotopic (exact) mass is 293 g/mol. The first kappa shape index (κ1) is 17.4. The molecule has 3 nitrogen and oxygen atoms in total. The lowest BCUT2D eigenvalue weighted by Gasteiger charge is -2.24. The van der Waals surface area contributed by atoms with Crippen LogP contribution in [0, 0.1) is 0 Å². The summed E-state index contributed by atoms with van der Waals surface area (Å²) in [6, 6.07) is 7.75. The maximum absolute atomic E-state index is 5.91. The van der Waals surface area contributed by atoms with Crippen molar-refractivity contribution in [3.8, 4) is 11.5 Å². The minimum absolute atomic E-state index is 0. The molecule has 0 spiro atoms. The Hall–Kier alpha value is -0.640. The van der Waals surface area contributed by atoms with Gasteiger partial charge in [-0.2, -0.15) is 0 Å². The normalized spacial score (nSPS) is 13.3. The summed E-state index contributed by atoms with van der Waals surface area (Å²) in [5.74, 6) is 2.00. The minimum Gasteiger partial charge on any atom is -0.493 e. The second-order valence-corrected chi connectivity index (χ2v) is 4.10. The summed E-state index contributed by atoms with van der Waals surface area (Å²) < 4.78 is 11.1. The molecule has 2 unspecified atom stereocenters. The fourth-order valence-electron chi connectivity index (χ4n) is 1.61. The van der Waals surface area contributed by atoms with Crippen LogP contribution in [0.25, 0.3) is 0 Å². The minimum atomic E-state index is -0.0104. The Labute approximate surface area is 120 Å². The van der Waals surface area contributed by atoms with E-state index in [0.717, 1.165) is 18.0 Å². The third kappa shape index (κ3) is 4.92. The van der Waals surface area contributed by atoms with Crippen LogP contribution >= 0.6 is 24.0 Å². The lowest BCUT2D eigenvalue weighted by Crippen LogP contribution is -2.42. The van der Waals surface area contributed by atoms with E-state index in [1.165, 1.54) is 0 Å². The van der Waals surface area contributed by atoms with Gasteiger partial charge in [0.1, 0.15) is 6.10 Å². The van der Waals surface area contributed by atoms with Crippen LogP contribution in [0.1, 0.15) is 13.8 Å². The van der Waals surface area contributed by atoms with Crippen LogP contribution in [0.2, 0.25) is 0 Å². The number of hydrogen-bond acceptors (Lipinski definition) is 3. The molecule has 104 valence electrons. The fraction of sp³-hybridized carbons (Fsp3) is 0.538. The topological polar surface area (TPSA) is 30.5 Å². The Balaban J connectivity index is 0.00000289. The van der Waals surface area contributed by atoms with Gasteiger partial charge in [-0.05, 0) is 25.6 Å². The summed E-state index contributed by atoms with van der Waals surface area (Å²) in [7, 11) is 1.64. The second-order valence-electron chi connectivity index (χ2n) is 3.79. The molecule has 0 aliphatic heterocycles. The highest BCUT2D eigenvalue weighted by molar-refractivity contribution is 6.18. The Morgan fingerprint density at radius 3 is 2.39 bits per heavy atom. The molecule has 0 bridgehead atoms. The van der Waals surface area contributed by atoms with E-state index in [9.17, 15) is 0 Å². The summed E-state index contributed by atoms with van der Waals surface area (Å²) in [5, 5.41) is 3.29. The molecule has 18 heavy (non-hydrogen) atoms. The van der Waals surface area contributed by atoms with Gasteiger partial charge in [-0.3, -0.25) is 0 Å². The van der Waals surface area contributed by atoms with Crippen molar-refractivity contribution in [2.75, 3.05) is 19.5 Å². The van der Waals surface area contributed by atoms with Crippen LogP contribution in [0.15, 0.2) is 24.3 Å². The van der Waals surface area contributed by atoms with E-state index in [4.69, 9.17) is 21.1 Å². The maximum Gasteiger partial charge on any atom is 0.161 e. The third-order valence-electron chi connectivity index (χ3n) is 2.58. The van der Waals surface area contributed by atoms with Crippen molar-refractivity contribution in [3.05, 3.63) is 24.3 Å². The maximum atomic E-state index is 5.91. The van der Waals surface area contributed by atoms with Crippen molar-refractivity contribution in [3.63, 3.8) is 0 Å². The number of methoxy groups -OCH3 is 1. The number of para-hydroxylation sites is 2. The van der Waals surface area contributed by atoms with Crippen molar-refractivity contribution >= 4 is 24.0 Å². The zero-order valence-corrected chi connectivity index (χ0v) is 12.6. The molecule has 0 amide bonds. The Morgan fingerprint density at radius 1 is 1.28 bits per heavy atom. The number of rotatable bonds is 7. The Morgan fingerprint density at radius 2 is 1.89 bits per heavy atom. The van der Waals surface area contributed by atoms with Crippen LogP contribution in [0.5, 0.6) is 11.5 Å². The van der Waals surface area contributed by atoms with E-state index in [1.54, 1.807) is 7.11 Å². The van der Waals surface area contributed by atoms with Crippen molar-refractivity contribution in [1.82, 2.24) is 5.32 Å². The zero-order chi connectivity index (χ0) is 12.7. The molecule has 0 aromatic heterocycles. The standard InChI is InChI=1S/C13H20ClNO2.ClH/c1-4-15-11(9-14)10(2)17-13-8-6-5-7-12(13)16-3;/h5-8,10-11,15H,4,9H2,1-3H3;1H. The van der Waals surface area contributed by atoms with Crippen LogP contribution in [0.3, 0.4) is 0 Å². The number of likely N-dealkylation sites (N-methyl/N-ethyl adjacent to an activating group) is 1. The number of halogens is 2. The van der Waals surface area contributed by atoms with Crippen molar-refractivity contribution in [2.45, 2.75) is 26.0 Å². The number of benzene rings is 1. The summed E-state index contributed by atoms with van der Waals surface area (Å²) in [4.78, 5) is 0. The number of ether oxygens (including phenoxy) is 2. The Kier molecular flexibility index (Phi) is 8.98. The number of nitrogens with one attached hydrogen (secondary N) is 1. The van der Waals surface area contributed by atoms with Gasteiger partial charge in [-0.1, -0.05) is 19.1 Å². The molecule has 0 aliphatic carbocycles. The van der Waals surface area contributed by atoms with E-state index in [0.29, 0.717) is 5.88 Å². The van der Waals surface area contributed by atoms with Crippen molar-refractivity contribution in [2.24, 2.45) is 0 Å². The summed E-state index contributed by atoms with van der Waals surface area (Å²) >= 11 is 5.91. The van der Waals surface area contributed by atoms with E-state index in [-0.39, 0.29) is 24.6 Å². The van der Waals surface area contributed by atoms with Gasteiger partial charge in [0.25, 0.3) is 0 Å². The van der Waals surface area contributed by atoms with Gasteiger partial charge in [0.15, 0.2) is 11.5 Å². The predicted molar refractivity (Wildman–Crippen MR) is 78.5 cm³/mol. The highest BCUT2D eigenvalue weighted by atomic mass is 35.5. The molecular weight excluding hydrogens is 273 g/mol. The molecule has 1 rings (SSSR count). The molecule has 0 heterocycles. The van der Waals surface area contributed by atoms with Gasteiger partial charge in [0.05, 0.1) is 13.2 Å². The van der Waals surface area contributed by atoms with Crippen LogP contribution in [-0.2, 0) is 0 Å². The average Bonchev–Trinajstić information content (AvgIpc) is 2.36. The smallest absolute Gasteiger partial charge is 0.161 e. The molecule has 5 heteroatoms. The molecule has 2 atom stereocenters. The van der Waals surface area contributed by atoms with Crippen LogP contribution in [-0.4, -0.2) is 31.7 Å². The molecule has 0 radical (unpaired) electrons. The molecule has 1 aromatic carbocycles. The average molecular weight is 294 g/mol. The van der Waals surface area contributed by atoms with E-state index < -0.39 is 0 Å². The quantitative estimate of drug-likeness (QED) is 0.784. The van der Waals surface area contributed by atoms with Crippen LogP contribution < -0.4 is 14.8 Å². The lowest BCUT2D eigenvalue weighted by molar-refractivity contribution is 0.174. The first-order valence-corrected chi connectivity index (χ1v) is 6.35. The zero-order valence-electron chi connectivity index (χ0n) is 11.0. The second kappa shape index (κ2) is 9.31. The van der Waals surface area contributed by atoms with Gasteiger partial charge >= 0.3 is 0 Å². The molecule has 0 aliphatic rings. The number of alkyl halides is 1. The SMILES string of the molecule is CCNC(CCl)C(C)Oc1ccccc1OC.Cl. The van der Waals surface area contributed by atoms with Gasteiger partial charge in [-0.25, -0.2) is 0 Å². The van der Waals surface area contributed by atoms with Gasteiger partial charge < -0.3 is 14.8 Å². The summed E-state index contributed by atoms with van der Waals surface area (Å²) in [6.45, 7) is 4.93. The number of hydrogen-bond donors (Lipinski definition) is 1. The molecule has 1 aromatic rings. The fourth-order valence-corrected chi connectivity index (χ4v) is 1.97. The van der Waals surface area contributed by atoms with Crippen molar-refractivity contribution < 1.29 is 9.47 Å². The Bertz CT molecular complexity index is 337. The van der Waals surface area contributed by atoms with Gasteiger partial charge in [0.2, 0.25) is 0 Å². The first-order chi connectivity index (χ1) is 8.22. The van der Waals surface area contributed by atoms with E-state index in [1.807, 2.05) is 31.2 Å². The van der Waals surface area contributed by atoms with E-state index >= 15 is 0 Å². The summed E-state index contributed by atoms with van der Waals surface area (Å²) in [5.41, 5.74) is 0. The van der Waals surface area contributed by atoms with Gasteiger partial charge in [-0.15, -0.1) is 24.0 Å². The highest BCUT2D eigenvalue weighted by Gasteiger charge is 2.18. The van der Waals surface area contributed by atoms with Crippen LogP contribution in [0.4, 0.5) is 0 Å². The highest BCUT2D eigenvalue weighted by Crippen LogP contribution is 2.27. The molecule has 0 fully saturated rings. The molecular formula is C13H21Cl2NO2. The first-order valence-electron chi connectivity index (χ1n) is 5.82. The lowest BCUT2D eigenvalue weighted by atomic mass is 10.2. The molecule has 1 N–H and O–H groups in total.